The second-order valence-electron chi connectivity index (χ2n) is 3.34. The Labute approximate surface area is 81.6 Å². The number of aldehydes is 1. The van der Waals surface area contributed by atoms with E-state index in [0.29, 0.717) is 0 Å². The predicted octanol–water partition coefficient (Wildman–Crippen LogP) is 1.98. The first-order valence-electron chi connectivity index (χ1n) is 4.37. The summed E-state index contributed by atoms with van der Waals surface area (Å²) in [6, 6.07) is 4.13. The van der Waals surface area contributed by atoms with Crippen molar-refractivity contribution in [1.82, 2.24) is 4.90 Å². The van der Waals surface area contributed by atoms with Gasteiger partial charge in [-0.1, -0.05) is 6.07 Å². The summed E-state index contributed by atoms with van der Waals surface area (Å²) in [5, 5.41) is 0. The minimum absolute atomic E-state index is 0.306. The first-order chi connectivity index (χ1) is 6.72. The van der Waals surface area contributed by atoms with E-state index in [-0.39, 0.29) is 11.9 Å². The van der Waals surface area contributed by atoms with E-state index in [1.54, 1.807) is 18.0 Å². The summed E-state index contributed by atoms with van der Waals surface area (Å²) in [7, 11) is 1.80. The molecule has 1 aromatic rings. The van der Waals surface area contributed by atoms with Gasteiger partial charge < -0.3 is 9.69 Å². The van der Waals surface area contributed by atoms with Crippen LogP contribution in [0.5, 0.6) is 0 Å². The summed E-state index contributed by atoms with van der Waals surface area (Å²) in [4.78, 5) is 12.6. The summed E-state index contributed by atoms with van der Waals surface area (Å²) in [6.07, 6.45) is 4.51. The molecule has 2 nitrogen and oxygen atoms in total. The SMILES string of the molecule is CN1C=Cc2ccc(F)cc2C1C=O. The molecule has 0 saturated carbocycles. The van der Waals surface area contributed by atoms with Gasteiger partial charge >= 0.3 is 0 Å². The molecule has 3 heteroatoms. The molecule has 0 fully saturated rings. The fourth-order valence-electron chi connectivity index (χ4n) is 1.63. The number of hydrogen-bond donors (Lipinski definition) is 0. The molecule has 1 aromatic carbocycles. The third-order valence-corrected chi connectivity index (χ3v) is 2.42. The van der Waals surface area contributed by atoms with Gasteiger partial charge in [-0.3, -0.25) is 0 Å². The predicted molar refractivity (Wildman–Crippen MR) is 52.0 cm³/mol. The molecule has 1 heterocycles. The van der Waals surface area contributed by atoms with Crippen LogP contribution in [0.15, 0.2) is 24.4 Å². The van der Waals surface area contributed by atoms with E-state index in [1.807, 2.05) is 12.3 Å². The number of halogens is 1. The van der Waals surface area contributed by atoms with Crippen LogP contribution < -0.4 is 0 Å². The summed E-state index contributed by atoms with van der Waals surface area (Å²) >= 11 is 0. The minimum Gasteiger partial charge on any atom is -0.367 e. The molecule has 1 atom stereocenters. The van der Waals surface area contributed by atoms with Crippen LogP contribution in [0.1, 0.15) is 17.2 Å². The summed E-state index contributed by atoms with van der Waals surface area (Å²) < 4.78 is 13.0. The van der Waals surface area contributed by atoms with Crippen molar-refractivity contribution in [2.75, 3.05) is 7.05 Å². The number of benzene rings is 1. The molecule has 0 spiro atoms. The highest BCUT2D eigenvalue weighted by molar-refractivity contribution is 5.69. The Balaban J connectivity index is 2.56. The first-order valence-corrected chi connectivity index (χ1v) is 4.37. The molecular weight excluding hydrogens is 181 g/mol. The fourth-order valence-corrected chi connectivity index (χ4v) is 1.63. The summed E-state index contributed by atoms with van der Waals surface area (Å²) in [5.41, 5.74) is 1.63. The zero-order chi connectivity index (χ0) is 10.1. The van der Waals surface area contributed by atoms with E-state index in [0.717, 1.165) is 17.4 Å². The lowest BCUT2D eigenvalue weighted by molar-refractivity contribution is -0.111. The third-order valence-electron chi connectivity index (χ3n) is 2.42. The smallest absolute Gasteiger partial charge is 0.146 e. The van der Waals surface area contributed by atoms with Gasteiger partial charge in [-0.15, -0.1) is 0 Å². The lowest BCUT2D eigenvalue weighted by Crippen LogP contribution is -2.23. The average molecular weight is 191 g/mol. The number of rotatable bonds is 1. The Bertz CT molecular complexity index is 400. The normalized spacial score (nSPS) is 19.3. The van der Waals surface area contributed by atoms with Gasteiger partial charge in [0.25, 0.3) is 0 Å². The maximum atomic E-state index is 13.0. The van der Waals surface area contributed by atoms with E-state index in [9.17, 15) is 9.18 Å². The molecule has 2 rings (SSSR count). The Morgan fingerprint density at radius 3 is 3.00 bits per heavy atom. The van der Waals surface area contributed by atoms with Crippen LogP contribution >= 0.6 is 0 Å². The number of nitrogens with zero attached hydrogens (tertiary/aromatic N) is 1. The highest BCUT2D eigenvalue weighted by Crippen LogP contribution is 2.27. The Kier molecular flexibility index (Phi) is 2.08. The summed E-state index contributed by atoms with van der Waals surface area (Å²) in [6.45, 7) is 0. The van der Waals surface area contributed by atoms with Crippen molar-refractivity contribution in [1.29, 1.82) is 0 Å². The highest BCUT2D eigenvalue weighted by atomic mass is 19.1. The minimum atomic E-state index is -0.370. The van der Waals surface area contributed by atoms with Crippen LogP contribution in [0.4, 0.5) is 4.39 Å². The fraction of sp³-hybridized carbons (Fsp3) is 0.182. The Hall–Kier alpha value is -1.64. The number of fused-ring (bicyclic) bond motifs is 1. The van der Waals surface area contributed by atoms with Crippen LogP contribution in [-0.2, 0) is 4.79 Å². The van der Waals surface area contributed by atoms with Gasteiger partial charge in [-0.25, -0.2) is 4.39 Å². The molecule has 1 aliphatic heterocycles. The van der Waals surface area contributed by atoms with Gasteiger partial charge in [0.1, 0.15) is 18.1 Å². The second kappa shape index (κ2) is 3.25. The van der Waals surface area contributed by atoms with Gasteiger partial charge in [0, 0.05) is 13.2 Å². The molecule has 0 bridgehead atoms. The van der Waals surface area contributed by atoms with Crippen LogP contribution in [-0.4, -0.2) is 18.2 Å². The maximum Gasteiger partial charge on any atom is 0.146 e. The number of likely N-dealkylation sites (N-methyl/N-ethyl adjacent to an activating group) is 1. The molecule has 0 aromatic heterocycles. The zero-order valence-electron chi connectivity index (χ0n) is 7.77. The van der Waals surface area contributed by atoms with Crippen LogP contribution in [0.2, 0.25) is 0 Å². The van der Waals surface area contributed by atoms with E-state index < -0.39 is 0 Å². The van der Waals surface area contributed by atoms with Gasteiger partial charge in [0.05, 0.1) is 0 Å². The van der Waals surface area contributed by atoms with E-state index in [2.05, 4.69) is 0 Å². The topological polar surface area (TPSA) is 20.3 Å². The number of carbonyl (C=O) groups excluding carboxylic acids is 1. The van der Waals surface area contributed by atoms with Crippen LogP contribution in [0, 0.1) is 5.82 Å². The Morgan fingerprint density at radius 2 is 2.29 bits per heavy atom. The molecule has 0 radical (unpaired) electrons. The quantitative estimate of drug-likeness (QED) is 0.632. The zero-order valence-corrected chi connectivity index (χ0v) is 7.77. The van der Waals surface area contributed by atoms with Gasteiger partial charge in [0.15, 0.2) is 0 Å². The van der Waals surface area contributed by atoms with Gasteiger partial charge in [-0.2, -0.15) is 0 Å². The van der Waals surface area contributed by atoms with Crippen molar-refractivity contribution in [2.24, 2.45) is 0 Å². The number of hydrogen-bond acceptors (Lipinski definition) is 2. The lowest BCUT2D eigenvalue weighted by Gasteiger charge is -2.27. The van der Waals surface area contributed by atoms with Crippen LogP contribution in [0.25, 0.3) is 6.08 Å². The first kappa shape index (κ1) is 8.94. The molecule has 0 aliphatic carbocycles. The van der Waals surface area contributed by atoms with Gasteiger partial charge in [0.2, 0.25) is 0 Å². The molecule has 72 valence electrons. The standard InChI is InChI=1S/C11H10FNO/c1-13-5-4-8-2-3-9(12)6-10(8)11(13)7-14/h2-7,11H,1H3. The monoisotopic (exact) mass is 191 g/mol. The van der Waals surface area contributed by atoms with E-state index >= 15 is 0 Å². The highest BCUT2D eigenvalue weighted by Gasteiger charge is 2.20. The molecule has 14 heavy (non-hydrogen) atoms. The molecular formula is C11H10FNO. The van der Waals surface area contributed by atoms with E-state index in [4.69, 9.17) is 0 Å². The van der Waals surface area contributed by atoms with Crippen molar-refractivity contribution in [3.8, 4) is 0 Å². The summed E-state index contributed by atoms with van der Waals surface area (Å²) in [5.74, 6) is -0.306. The average Bonchev–Trinajstić information content (AvgIpc) is 2.17. The number of carbonyl (C=O) groups is 1. The molecule has 0 amide bonds. The second-order valence-corrected chi connectivity index (χ2v) is 3.34. The van der Waals surface area contributed by atoms with Crippen molar-refractivity contribution in [3.63, 3.8) is 0 Å². The molecule has 0 saturated heterocycles. The molecule has 0 N–H and O–H groups in total. The van der Waals surface area contributed by atoms with Crippen molar-refractivity contribution in [2.45, 2.75) is 6.04 Å². The van der Waals surface area contributed by atoms with E-state index in [1.165, 1.54) is 12.1 Å². The maximum absolute atomic E-state index is 13.0. The van der Waals surface area contributed by atoms with Crippen molar-refractivity contribution >= 4 is 12.4 Å². The lowest BCUT2D eigenvalue weighted by atomic mass is 9.97. The Morgan fingerprint density at radius 1 is 1.50 bits per heavy atom. The molecule has 1 aliphatic rings. The largest absolute Gasteiger partial charge is 0.367 e. The molecule has 1 unspecified atom stereocenters. The van der Waals surface area contributed by atoms with Crippen LogP contribution in [0.3, 0.4) is 0 Å². The van der Waals surface area contributed by atoms with Crippen molar-refractivity contribution < 1.29 is 9.18 Å². The third kappa shape index (κ3) is 1.31. The van der Waals surface area contributed by atoms with Crippen molar-refractivity contribution in [3.05, 3.63) is 41.3 Å². The van der Waals surface area contributed by atoms with Gasteiger partial charge in [-0.05, 0) is 29.3 Å².